The van der Waals surface area contributed by atoms with Crippen molar-refractivity contribution in [2.75, 3.05) is 18.4 Å². The number of carbonyl (C=O) groups excluding carboxylic acids is 1. The van der Waals surface area contributed by atoms with Gasteiger partial charge < -0.3 is 9.73 Å². The number of oxazole rings is 1. The van der Waals surface area contributed by atoms with E-state index in [9.17, 15) is 13.2 Å². The summed E-state index contributed by atoms with van der Waals surface area (Å²) in [5, 5.41) is 2.95. The van der Waals surface area contributed by atoms with Gasteiger partial charge in [-0.05, 0) is 55.3 Å². The number of benzene rings is 2. The number of sulfonamides is 1. The summed E-state index contributed by atoms with van der Waals surface area (Å²) < 4.78 is 33.4. The van der Waals surface area contributed by atoms with E-state index >= 15 is 0 Å². The van der Waals surface area contributed by atoms with E-state index in [-0.39, 0.29) is 16.0 Å². The Bertz CT molecular complexity index is 1390. The van der Waals surface area contributed by atoms with Gasteiger partial charge in [-0.1, -0.05) is 29.8 Å². The molecule has 1 fully saturated rings. The number of amides is 1. The van der Waals surface area contributed by atoms with Crippen molar-refractivity contribution in [3.63, 3.8) is 0 Å². The highest BCUT2D eigenvalue weighted by Crippen LogP contribution is 2.31. The Balaban J connectivity index is 1.24. The Hall–Kier alpha value is -2.72. The lowest BCUT2D eigenvalue weighted by Gasteiger charge is -2.30. The van der Waals surface area contributed by atoms with E-state index in [4.69, 9.17) is 16.0 Å². The number of nitrogens with zero attached hydrogens (tertiary/aromatic N) is 2. The number of rotatable bonds is 5. The molecule has 1 aliphatic heterocycles. The van der Waals surface area contributed by atoms with E-state index < -0.39 is 10.0 Å². The molecule has 7 nitrogen and oxygen atoms in total. The predicted molar refractivity (Wildman–Crippen MR) is 129 cm³/mol. The molecule has 0 atom stereocenters. The fourth-order valence-corrected chi connectivity index (χ4v) is 7.00. The molecule has 2 aromatic heterocycles. The average molecular weight is 502 g/mol. The minimum atomic E-state index is -3.58. The van der Waals surface area contributed by atoms with E-state index in [0.717, 1.165) is 22.4 Å². The number of halogens is 1. The van der Waals surface area contributed by atoms with Crippen LogP contribution in [0, 0.1) is 5.92 Å². The van der Waals surface area contributed by atoms with Gasteiger partial charge in [0.2, 0.25) is 11.8 Å². The Morgan fingerprint density at radius 1 is 1.09 bits per heavy atom. The van der Waals surface area contributed by atoms with Crippen molar-refractivity contribution in [2.45, 2.75) is 17.1 Å². The maximum Gasteiger partial charge on any atom is 0.252 e. The van der Waals surface area contributed by atoms with Crippen LogP contribution >= 0.6 is 22.9 Å². The number of hydrogen-bond donors (Lipinski definition) is 1. The summed E-state index contributed by atoms with van der Waals surface area (Å²) in [6.07, 6.45) is 0.907. The van der Waals surface area contributed by atoms with Gasteiger partial charge in [0.25, 0.3) is 10.0 Å². The minimum Gasteiger partial charge on any atom is -0.436 e. The van der Waals surface area contributed by atoms with Gasteiger partial charge >= 0.3 is 0 Å². The molecule has 1 saturated heterocycles. The van der Waals surface area contributed by atoms with Crippen molar-refractivity contribution >= 4 is 55.7 Å². The molecule has 170 valence electrons. The summed E-state index contributed by atoms with van der Waals surface area (Å²) in [5.41, 5.74) is 2.88. The molecule has 0 saturated carbocycles. The van der Waals surface area contributed by atoms with Crippen molar-refractivity contribution in [3.8, 4) is 11.5 Å². The number of para-hydroxylation sites is 2. The van der Waals surface area contributed by atoms with Crippen LogP contribution in [0.25, 0.3) is 22.6 Å². The third-order valence-corrected chi connectivity index (χ3v) is 9.24. The summed E-state index contributed by atoms with van der Waals surface area (Å²) in [4.78, 5) is 17.4. The zero-order valence-electron chi connectivity index (χ0n) is 17.4. The summed E-state index contributed by atoms with van der Waals surface area (Å²) in [6, 6.07) is 18.0. The first kappa shape index (κ1) is 22.1. The number of thiophene rings is 1. The van der Waals surface area contributed by atoms with Gasteiger partial charge in [0.15, 0.2) is 5.58 Å². The number of fused-ring (bicyclic) bond motifs is 1. The molecule has 0 radical (unpaired) electrons. The summed E-state index contributed by atoms with van der Waals surface area (Å²) in [6.45, 7) is 0.581. The zero-order chi connectivity index (χ0) is 23.0. The first-order valence-corrected chi connectivity index (χ1v) is 13.1. The second kappa shape index (κ2) is 8.90. The van der Waals surface area contributed by atoms with Gasteiger partial charge in [-0.25, -0.2) is 13.4 Å². The smallest absolute Gasteiger partial charge is 0.252 e. The average Bonchev–Trinajstić information content (AvgIpc) is 3.46. The third kappa shape index (κ3) is 4.54. The SMILES string of the molecule is O=C(Nc1cccc(-c2nc3ccccc3o2)c1)C1CCN(S(=O)(=O)c2ccc(Cl)s2)CC1. The van der Waals surface area contributed by atoms with Crippen LogP contribution in [-0.2, 0) is 14.8 Å². The van der Waals surface area contributed by atoms with Crippen LogP contribution in [0.1, 0.15) is 12.8 Å². The number of anilines is 1. The van der Waals surface area contributed by atoms with E-state index in [2.05, 4.69) is 10.3 Å². The Morgan fingerprint density at radius 2 is 1.88 bits per heavy atom. The van der Waals surface area contributed by atoms with Gasteiger partial charge in [0.05, 0.1) is 4.34 Å². The second-order valence-electron chi connectivity index (χ2n) is 7.79. The quantitative estimate of drug-likeness (QED) is 0.403. The molecular weight excluding hydrogens is 482 g/mol. The second-order valence-corrected chi connectivity index (χ2v) is 11.7. The van der Waals surface area contributed by atoms with Crippen molar-refractivity contribution in [3.05, 3.63) is 65.0 Å². The Kier molecular flexibility index (Phi) is 5.96. The fraction of sp³-hybridized carbons (Fsp3) is 0.217. The number of aromatic nitrogens is 1. The molecule has 5 rings (SSSR count). The van der Waals surface area contributed by atoms with Crippen molar-refractivity contribution in [1.82, 2.24) is 9.29 Å². The van der Waals surface area contributed by atoms with Gasteiger partial charge in [-0.2, -0.15) is 4.31 Å². The molecule has 10 heteroatoms. The molecule has 1 N–H and O–H groups in total. The highest BCUT2D eigenvalue weighted by molar-refractivity contribution is 7.91. The minimum absolute atomic E-state index is 0.124. The lowest BCUT2D eigenvalue weighted by molar-refractivity contribution is -0.120. The first-order chi connectivity index (χ1) is 15.9. The molecule has 33 heavy (non-hydrogen) atoms. The molecule has 4 aromatic rings. The van der Waals surface area contributed by atoms with Gasteiger partial charge in [0.1, 0.15) is 9.73 Å². The Morgan fingerprint density at radius 3 is 2.61 bits per heavy atom. The molecular formula is C23H20ClN3O4S2. The largest absolute Gasteiger partial charge is 0.436 e. The van der Waals surface area contributed by atoms with Gasteiger partial charge in [-0.15, -0.1) is 11.3 Å². The Labute approximate surface area is 200 Å². The predicted octanol–water partition coefficient (Wildman–Crippen LogP) is 5.25. The van der Waals surface area contributed by atoms with Crippen LogP contribution in [0.2, 0.25) is 4.34 Å². The highest BCUT2D eigenvalue weighted by atomic mass is 35.5. The number of carbonyl (C=O) groups is 1. The first-order valence-electron chi connectivity index (χ1n) is 10.4. The van der Waals surface area contributed by atoms with E-state index in [1.165, 1.54) is 10.4 Å². The maximum absolute atomic E-state index is 12.9. The van der Waals surface area contributed by atoms with Crippen molar-refractivity contribution in [1.29, 1.82) is 0 Å². The lowest BCUT2D eigenvalue weighted by Crippen LogP contribution is -2.41. The molecule has 1 aliphatic rings. The number of hydrogen-bond acceptors (Lipinski definition) is 6. The molecule has 1 amide bonds. The molecule has 0 unspecified atom stereocenters. The summed E-state index contributed by atoms with van der Waals surface area (Å²) >= 11 is 6.93. The standard InChI is InChI=1S/C23H20ClN3O4S2/c24-20-8-9-21(32-20)33(29,30)27-12-10-15(11-13-27)22(28)25-17-5-3-4-16(14-17)23-26-18-6-1-2-7-19(18)31-23/h1-9,14-15H,10-13H2,(H,25,28). The van der Waals surface area contributed by atoms with Crippen LogP contribution < -0.4 is 5.32 Å². The number of nitrogens with one attached hydrogen (secondary N) is 1. The van der Waals surface area contributed by atoms with Crippen molar-refractivity contribution in [2.24, 2.45) is 5.92 Å². The maximum atomic E-state index is 12.9. The summed E-state index contributed by atoms with van der Waals surface area (Å²) in [5.74, 6) is 0.0942. The van der Waals surface area contributed by atoms with Crippen LogP contribution in [0.15, 0.2) is 69.3 Å². The van der Waals surface area contributed by atoms with Crippen LogP contribution in [0.5, 0.6) is 0 Å². The molecule has 0 spiro atoms. The molecule has 0 bridgehead atoms. The zero-order valence-corrected chi connectivity index (χ0v) is 19.8. The molecule has 3 heterocycles. The molecule has 2 aromatic carbocycles. The normalized spacial score (nSPS) is 15.7. The van der Waals surface area contributed by atoms with Gasteiger partial charge in [-0.3, -0.25) is 4.79 Å². The van der Waals surface area contributed by atoms with E-state index in [1.807, 2.05) is 48.5 Å². The topological polar surface area (TPSA) is 92.5 Å². The third-order valence-electron chi connectivity index (χ3n) is 5.64. The van der Waals surface area contributed by atoms with Crippen LogP contribution in [0.3, 0.4) is 0 Å². The van der Waals surface area contributed by atoms with Crippen LogP contribution in [0.4, 0.5) is 5.69 Å². The fourth-order valence-electron chi connectivity index (χ4n) is 3.89. The van der Waals surface area contributed by atoms with Crippen molar-refractivity contribution < 1.29 is 17.6 Å². The highest BCUT2D eigenvalue weighted by Gasteiger charge is 2.33. The lowest BCUT2D eigenvalue weighted by atomic mass is 9.97. The van der Waals surface area contributed by atoms with Gasteiger partial charge in [0, 0.05) is 30.3 Å². The monoisotopic (exact) mass is 501 g/mol. The summed E-state index contributed by atoms with van der Waals surface area (Å²) in [7, 11) is -3.58. The van der Waals surface area contributed by atoms with Crippen LogP contribution in [-0.4, -0.2) is 36.7 Å². The molecule has 0 aliphatic carbocycles. The number of piperidine rings is 1. The van der Waals surface area contributed by atoms with E-state index in [1.54, 1.807) is 6.07 Å². The van der Waals surface area contributed by atoms with E-state index in [0.29, 0.717) is 47.4 Å².